The average molecular weight is 341 g/mol. The van der Waals surface area contributed by atoms with Crippen molar-refractivity contribution in [2.24, 2.45) is 11.8 Å². The Kier molecular flexibility index (Phi) is 4.88. The van der Waals surface area contributed by atoms with Crippen molar-refractivity contribution in [1.82, 2.24) is 4.72 Å². The van der Waals surface area contributed by atoms with Gasteiger partial charge in [-0.15, -0.1) is 0 Å². The number of non-ortho nitro benzene ring substituents is 1. The first-order valence-corrected chi connectivity index (χ1v) is 8.83. The van der Waals surface area contributed by atoms with E-state index in [1.165, 1.54) is 0 Å². The number of nitro benzene ring substituents is 1. The molecule has 1 aromatic carbocycles. The molecule has 0 saturated heterocycles. The SMILES string of the molecule is CCCNc1cc([N+](=O)[O-])ccc1S(=O)(=O)NC(=O)[C@@H]1C[C@@H]1C. The second-order valence-electron chi connectivity index (χ2n) is 5.65. The third kappa shape index (κ3) is 3.98. The Bertz CT molecular complexity index is 732. The van der Waals surface area contributed by atoms with Crippen LogP contribution in [0.25, 0.3) is 0 Å². The number of carbonyl (C=O) groups excluding carboxylic acids is 1. The Hall–Kier alpha value is -2.16. The maximum absolute atomic E-state index is 12.4. The lowest BCUT2D eigenvalue weighted by Gasteiger charge is -2.12. The summed E-state index contributed by atoms with van der Waals surface area (Å²) < 4.78 is 26.9. The van der Waals surface area contributed by atoms with Crippen LogP contribution in [-0.4, -0.2) is 25.8 Å². The van der Waals surface area contributed by atoms with Crippen LogP contribution >= 0.6 is 0 Å². The van der Waals surface area contributed by atoms with Crippen LogP contribution < -0.4 is 10.0 Å². The molecule has 126 valence electrons. The van der Waals surface area contributed by atoms with E-state index in [1.54, 1.807) is 0 Å². The van der Waals surface area contributed by atoms with E-state index in [9.17, 15) is 23.3 Å². The molecule has 8 nitrogen and oxygen atoms in total. The Labute approximate surface area is 134 Å². The highest BCUT2D eigenvalue weighted by molar-refractivity contribution is 7.90. The number of nitrogens with one attached hydrogen (secondary N) is 2. The van der Waals surface area contributed by atoms with E-state index in [-0.39, 0.29) is 28.1 Å². The van der Waals surface area contributed by atoms with Gasteiger partial charge in [0.05, 0.1) is 10.6 Å². The molecule has 1 fully saturated rings. The van der Waals surface area contributed by atoms with Crippen molar-refractivity contribution in [3.05, 3.63) is 28.3 Å². The lowest BCUT2D eigenvalue weighted by Crippen LogP contribution is -2.32. The van der Waals surface area contributed by atoms with Crippen LogP contribution in [0.2, 0.25) is 0 Å². The van der Waals surface area contributed by atoms with Crippen molar-refractivity contribution in [3.63, 3.8) is 0 Å². The lowest BCUT2D eigenvalue weighted by molar-refractivity contribution is -0.384. The normalized spacial score (nSPS) is 19.9. The van der Waals surface area contributed by atoms with Crippen LogP contribution in [0.15, 0.2) is 23.1 Å². The number of carbonyl (C=O) groups is 1. The van der Waals surface area contributed by atoms with Gasteiger partial charge in [0.2, 0.25) is 5.91 Å². The maximum atomic E-state index is 12.4. The second kappa shape index (κ2) is 6.53. The first kappa shape index (κ1) is 17.2. The summed E-state index contributed by atoms with van der Waals surface area (Å²) >= 11 is 0. The molecule has 23 heavy (non-hydrogen) atoms. The Morgan fingerprint density at radius 3 is 2.61 bits per heavy atom. The fourth-order valence-corrected chi connectivity index (χ4v) is 3.41. The summed E-state index contributed by atoms with van der Waals surface area (Å²) in [7, 11) is -4.08. The highest BCUT2D eigenvalue weighted by Gasteiger charge is 2.41. The molecule has 0 aromatic heterocycles. The number of rotatable bonds is 7. The van der Waals surface area contributed by atoms with Crippen molar-refractivity contribution in [1.29, 1.82) is 0 Å². The summed E-state index contributed by atoms with van der Waals surface area (Å²) in [6.07, 6.45) is 1.39. The molecule has 1 aromatic rings. The molecule has 0 unspecified atom stereocenters. The zero-order valence-corrected chi connectivity index (χ0v) is 13.7. The molecule has 1 aliphatic carbocycles. The highest BCUT2D eigenvalue weighted by atomic mass is 32.2. The standard InChI is InChI=1S/C14H19N3O5S/c1-3-6-15-12-8-10(17(19)20)4-5-13(12)23(21,22)16-14(18)11-7-9(11)2/h4-5,8-9,11,15H,3,6-7H2,1-2H3,(H,16,18)/t9-,11+/m0/s1. The third-order valence-electron chi connectivity index (χ3n) is 3.71. The van der Waals surface area contributed by atoms with Crippen molar-refractivity contribution < 1.29 is 18.1 Å². The predicted octanol–water partition coefficient (Wildman–Crippen LogP) is 1.88. The van der Waals surface area contributed by atoms with Gasteiger partial charge in [0, 0.05) is 24.6 Å². The van der Waals surface area contributed by atoms with E-state index in [0.717, 1.165) is 18.2 Å². The molecule has 1 saturated carbocycles. The van der Waals surface area contributed by atoms with Crippen LogP contribution in [0.5, 0.6) is 0 Å². The van der Waals surface area contributed by atoms with Crippen molar-refractivity contribution in [3.8, 4) is 0 Å². The Morgan fingerprint density at radius 2 is 2.09 bits per heavy atom. The Morgan fingerprint density at radius 1 is 1.43 bits per heavy atom. The zero-order valence-electron chi connectivity index (χ0n) is 12.9. The minimum atomic E-state index is -4.08. The van der Waals surface area contributed by atoms with Crippen LogP contribution in [0, 0.1) is 22.0 Å². The number of hydrogen-bond acceptors (Lipinski definition) is 6. The average Bonchev–Trinajstić information content (AvgIpc) is 3.21. The van der Waals surface area contributed by atoms with E-state index < -0.39 is 20.9 Å². The summed E-state index contributed by atoms with van der Waals surface area (Å²) in [5.74, 6) is -0.632. The summed E-state index contributed by atoms with van der Waals surface area (Å²) in [6, 6.07) is 3.41. The summed E-state index contributed by atoms with van der Waals surface area (Å²) in [4.78, 5) is 22.0. The van der Waals surface area contributed by atoms with Gasteiger partial charge in [-0.3, -0.25) is 14.9 Å². The molecule has 2 rings (SSSR count). The van der Waals surface area contributed by atoms with E-state index in [0.29, 0.717) is 19.4 Å². The molecule has 2 atom stereocenters. The summed E-state index contributed by atoms with van der Waals surface area (Å²) in [5.41, 5.74) is -0.102. The largest absolute Gasteiger partial charge is 0.384 e. The van der Waals surface area contributed by atoms with Crippen molar-refractivity contribution in [2.75, 3.05) is 11.9 Å². The Balaban J connectivity index is 2.31. The fourth-order valence-electron chi connectivity index (χ4n) is 2.21. The second-order valence-corrected chi connectivity index (χ2v) is 7.30. The minimum Gasteiger partial charge on any atom is -0.384 e. The number of hydrogen-bond donors (Lipinski definition) is 2. The number of amides is 1. The molecule has 0 bridgehead atoms. The molecule has 0 spiro atoms. The molecule has 9 heteroatoms. The number of anilines is 1. The molecule has 2 N–H and O–H groups in total. The van der Waals surface area contributed by atoms with Gasteiger partial charge in [0.25, 0.3) is 15.7 Å². The van der Waals surface area contributed by atoms with Gasteiger partial charge in [-0.2, -0.15) is 0 Å². The molecule has 1 amide bonds. The van der Waals surface area contributed by atoms with Crippen LogP contribution in [-0.2, 0) is 14.8 Å². The van der Waals surface area contributed by atoms with Gasteiger partial charge in [0.15, 0.2) is 0 Å². The predicted molar refractivity (Wildman–Crippen MR) is 84.5 cm³/mol. The first-order chi connectivity index (χ1) is 10.8. The third-order valence-corrected chi connectivity index (χ3v) is 5.12. The molecular weight excluding hydrogens is 322 g/mol. The van der Waals surface area contributed by atoms with E-state index in [4.69, 9.17) is 0 Å². The van der Waals surface area contributed by atoms with Gasteiger partial charge >= 0.3 is 0 Å². The molecule has 0 aliphatic heterocycles. The number of sulfonamides is 1. The molecule has 0 heterocycles. The first-order valence-electron chi connectivity index (χ1n) is 7.35. The van der Waals surface area contributed by atoms with E-state index in [1.807, 2.05) is 13.8 Å². The molecule has 0 radical (unpaired) electrons. The van der Waals surface area contributed by atoms with Crippen molar-refractivity contribution >= 4 is 27.3 Å². The van der Waals surface area contributed by atoms with Crippen LogP contribution in [0.3, 0.4) is 0 Å². The smallest absolute Gasteiger partial charge is 0.271 e. The van der Waals surface area contributed by atoms with Crippen LogP contribution in [0.4, 0.5) is 11.4 Å². The number of nitrogens with zero attached hydrogens (tertiary/aromatic N) is 1. The van der Waals surface area contributed by atoms with Gasteiger partial charge in [0.1, 0.15) is 4.90 Å². The lowest BCUT2D eigenvalue weighted by atomic mass is 10.2. The number of nitro groups is 1. The van der Waals surface area contributed by atoms with Gasteiger partial charge < -0.3 is 5.32 Å². The maximum Gasteiger partial charge on any atom is 0.271 e. The van der Waals surface area contributed by atoms with E-state index >= 15 is 0 Å². The topological polar surface area (TPSA) is 118 Å². The van der Waals surface area contributed by atoms with Gasteiger partial charge in [-0.1, -0.05) is 13.8 Å². The zero-order chi connectivity index (χ0) is 17.2. The minimum absolute atomic E-state index is 0.116. The van der Waals surface area contributed by atoms with Crippen molar-refractivity contribution in [2.45, 2.75) is 31.6 Å². The van der Waals surface area contributed by atoms with Gasteiger partial charge in [-0.05, 0) is 24.8 Å². The quantitative estimate of drug-likeness (QED) is 0.577. The highest BCUT2D eigenvalue weighted by Crippen LogP contribution is 2.38. The fraction of sp³-hybridized carbons (Fsp3) is 0.500. The molecule has 1 aliphatic rings. The molecular formula is C14H19N3O5S. The number of benzene rings is 1. The monoisotopic (exact) mass is 341 g/mol. The van der Waals surface area contributed by atoms with E-state index in [2.05, 4.69) is 10.0 Å². The summed E-state index contributed by atoms with van der Waals surface area (Å²) in [5, 5.41) is 13.7. The van der Waals surface area contributed by atoms with Crippen LogP contribution in [0.1, 0.15) is 26.7 Å². The summed E-state index contributed by atoms with van der Waals surface area (Å²) in [6.45, 7) is 4.21. The van der Waals surface area contributed by atoms with Gasteiger partial charge in [-0.25, -0.2) is 13.1 Å².